The average Bonchev–Trinajstić information content (AvgIpc) is 3.39. The molecule has 0 saturated carbocycles. The van der Waals surface area contributed by atoms with Crippen LogP contribution in [-0.2, 0) is 26.5 Å². The molecule has 0 unspecified atom stereocenters. The van der Waals surface area contributed by atoms with Crippen LogP contribution >= 0.6 is 0 Å². The summed E-state index contributed by atoms with van der Waals surface area (Å²) in [5, 5.41) is 2.74. The van der Waals surface area contributed by atoms with Crippen molar-refractivity contribution in [3.63, 3.8) is 0 Å². The van der Waals surface area contributed by atoms with E-state index in [1.807, 2.05) is 74.6 Å². The zero-order valence-corrected chi connectivity index (χ0v) is 27.1. The topological polar surface area (TPSA) is 51.8 Å². The monoisotopic (exact) mass is 739 g/mol. The van der Waals surface area contributed by atoms with E-state index in [0.29, 0.717) is 11.3 Å². The van der Waals surface area contributed by atoms with Crippen LogP contribution in [0.25, 0.3) is 44.6 Å². The van der Waals surface area contributed by atoms with Crippen LogP contribution in [0.5, 0.6) is 0 Å². The van der Waals surface area contributed by atoms with Gasteiger partial charge in [-0.3, -0.25) is 0 Å². The van der Waals surface area contributed by atoms with Gasteiger partial charge in [0.1, 0.15) is 0 Å². The second-order valence-corrected chi connectivity index (χ2v) is 15.9. The smallest absolute Gasteiger partial charge is 0.216 e. The Balaban J connectivity index is 0.000000205. The van der Waals surface area contributed by atoms with Gasteiger partial charge in [0.15, 0.2) is 0 Å². The van der Waals surface area contributed by atoms with E-state index in [-0.39, 0.29) is 31.7 Å². The van der Waals surface area contributed by atoms with Crippen molar-refractivity contribution in [3.8, 4) is 22.5 Å². The van der Waals surface area contributed by atoms with Crippen LogP contribution < -0.4 is 5.19 Å². The fourth-order valence-corrected chi connectivity index (χ4v) is 5.91. The summed E-state index contributed by atoms with van der Waals surface area (Å²) >= 11 is 0. The molecule has 6 heteroatoms. The molecule has 4 heterocycles. The minimum absolute atomic E-state index is 0. The van der Waals surface area contributed by atoms with Gasteiger partial charge in [0.25, 0.3) is 0 Å². The first-order valence-electron chi connectivity index (χ1n) is 15.8. The standard InChI is InChI=1S/C18H24NSi.C17H11N2O.Ir/c1-14(2)11-16-12-17(15-9-7-6-8-10-15)19-13-18(16)20(3,4)5;1-11-8-9-13-12-5-4-6-14(15-7-2-3-10-18-15)16(12)20-17(13)19-11;/h6-9,12-14H,11H2,1-5H3;2-5,7-10H,1H3;/q2*-1;/i11D2;1D3;. The van der Waals surface area contributed by atoms with Crippen LogP contribution in [0.1, 0.15) is 32.0 Å². The number of hydrogen-bond donors (Lipinski definition) is 0. The largest absolute Gasteiger partial charge is 0.486 e. The molecule has 0 spiro atoms. The summed E-state index contributed by atoms with van der Waals surface area (Å²) in [6.07, 6.45) is 2.23. The maximum absolute atomic E-state index is 8.55. The van der Waals surface area contributed by atoms with Crippen LogP contribution in [-0.4, -0.2) is 23.0 Å². The first-order valence-corrected chi connectivity index (χ1v) is 16.8. The Morgan fingerprint density at radius 1 is 0.927 bits per heavy atom. The molecule has 2 aromatic carbocycles. The summed E-state index contributed by atoms with van der Waals surface area (Å²) in [5.74, 6) is -0.0856. The molecule has 0 amide bonds. The maximum atomic E-state index is 8.55. The van der Waals surface area contributed by atoms with E-state index in [1.54, 1.807) is 18.3 Å². The molecule has 4 aromatic heterocycles. The summed E-state index contributed by atoms with van der Waals surface area (Å²) < 4.78 is 45.4. The molecule has 1 radical (unpaired) electrons. The fraction of sp³-hybridized carbons (Fsp3) is 0.229. The van der Waals surface area contributed by atoms with Crippen LogP contribution in [0, 0.1) is 24.9 Å². The van der Waals surface area contributed by atoms with E-state index in [2.05, 4.69) is 46.7 Å². The zero-order chi connectivity index (χ0) is 32.6. The third-order valence-corrected chi connectivity index (χ3v) is 8.38. The molecule has 6 rings (SSSR count). The van der Waals surface area contributed by atoms with Crippen molar-refractivity contribution in [3.05, 3.63) is 109 Å². The van der Waals surface area contributed by atoms with Crippen molar-refractivity contribution in [1.29, 1.82) is 0 Å². The first kappa shape index (κ1) is 24.2. The number of furan rings is 1. The van der Waals surface area contributed by atoms with Gasteiger partial charge in [-0.2, -0.15) is 0 Å². The zero-order valence-electron chi connectivity index (χ0n) is 28.7. The van der Waals surface area contributed by atoms with Gasteiger partial charge in [-0.1, -0.05) is 68.2 Å². The third kappa shape index (κ3) is 7.07. The van der Waals surface area contributed by atoms with Crippen molar-refractivity contribution in [2.24, 2.45) is 5.92 Å². The number of aromatic nitrogens is 3. The number of pyridine rings is 3. The summed E-state index contributed by atoms with van der Waals surface area (Å²) in [7, 11) is -1.67. The van der Waals surface area contributed by atoms with E-state index in [9.17, 15) is 0 Å². The number of nitrogens with zero attached hydrogens (tertiary/aromatic N) is 3. The summed E-state index contributed by atoms with van der Waals surface area (Å²) in [5.41, 5.74) is 4.91. The normalized spacial score (nSPS) is 13.8. The molecule has 0 bridgehead atoms. The molecular weight excluding hydrogens is 699 g/mol. The van der Waals surface area contributed by atoms with Crippen molar-refractivity contribution in [2.75, 3.05) is 0 Å². The van der Waals surface area contributed by atoms with Crippen LogP contribution in [0.3, 0.4) is 0 Å². The van der Waals surface area contributed by atoms with E-state index < -0.39 is 21.3 Å². The van der Waals surface area contributed by atoms with Gasteiger partial charge < -0.3 is 14.4 Å². The number of fused-ring (bicyclic) bond motifs is 3. The predicted octanol–water partition coefficient (Wildman–Crippen LogP) is 8.44. The van der Waals surface area contributed by atoms with Gasteiger partial charge in [0, 0.05) is 50.4 Å². The van der Waals surface area contributed by atoms with Gasteiger partial charge in [0.2, 0.25) is 5.71 Å². The minimum atomic E-state index is -2.26. The van der Waals surface area contributed by atoms with Crippen molar-refractivity contribution >= 4 is 35.3 Å². The number of rotatable bonds is 5. The number of hydrogen-bond acceptors (Lipinski definition) is 4. The van der Waals surface area contributed by atoms with Crippen molar-refractivity contribution in [2.45, 2.75) is 46.7 Å². The number of benzene rings is 2. The molecule has 4 nitrogen and oxygen atoms in total. The average molecular weight is 739 g/mol. The molecule has 0 saturated heterocycles. The van der Waals surface area contributed by atoms with Gasteiger partial charge in [-0.15, -0.1) is 54.1 Å². The second kappa shape index (κ2) is 13.0. The van der Waals surface area contributed by atoms with Crippen LogP contribution in [0.15, 0.2) is 89.6 Å². The third-order valence-electron chi connectivity index (χ3n) is 6.36. The van der Waals surface area contributed by atoms with Gasteiger partial charge in [0.05, 0.1) is 13.7 Å². The molecular formula is C35H35IrN3OSi-2. The Morgan fingerprint density at radius 2 is 1.76 bits per heavy atom. The van der Waals surface area contributed by atoms with Crippen molar-refractivity contribution < 1.29 is 31.4 Å². The Bertz CT molecular complexity index is 1940. The van der Waals surface area contributed by atoms with Gasteiger partial charge >= 0.3 is 0 Å². The minimum Gasteiger partial charge on any atom is -0.486 e. The molecule has 0 fully saturated rings. The SMILES string of the molecule is [2H]C([2H])([2H])c1ccc2c(n1)oc1c(-c3ccccn3)[c-]ccc12.[2H]C([2H])(c1cc(-c2[c-]cccc2)ncc1[Si](C)(C)C)C(C)C.[Ir]. The van der Waals surface area contributed by atoms with Crippen LogP contribution in [0.4, 0.5) is 0 Å². The second-order valence-electron chi connectivity index (χ2n) is 10.9. The summed E-state index contributed by atoms with van der Waals surface area (Å²) in [6.45, 7) is 8.31. The van der Waals surface area contributed by atoms with E-state index >= 15 is 0 Å². The fourth-order valence-electron chi connectivity index (χ4n) is 4.51. The first-order chi connectivity index (χ1) is 21.2. The Hall–Kier alpha value is -3.44. The van der Waals surface area contributed by atoms with Crippen molar-refractivity contribution in [1.82, 2.24) is 15.0 Å². The Labute approximate surface area is 264 Å². The molecule has 6 aromatic rings. The molecule has 0 aliphatic carbocycles. The predicted molar refractivity (Wildman–Crippen MR) is 168 cm³/mol. The maximum Gasteiger partial charge on any atom is 0.216 e. The molecule has 211 valence electrons. The molecule has 0 aliphatic heterocycles. The summed E-state index contributed by atoms with van der Waals surface area (Å²) in [4.78, 5) is 13.1. The number of aryl methyl sites for hydroxylation is 1. The van der Waals surface area contributed by atoms with Crippen LogP contribution in [0.2, 0.25) is 19.6 Å². The molecule has 0 atom stereocenters. The Kier molecular flexibility index (Phi) is 7.69. The van der Waals surface area contributed by atoms with Gasteiger partial charge in [-0.05, 0) is 53.9 Å². The van der Waals surface area contributed by atoms with E-state index in [1.165, 1.54) is 6.07 Å². The van der Waals surface area contributed by atoms with Gasteiger partial charge in [-0.25, -0.2) is 4.98 Å². The quantitative estimate of drug-likeness (QED) is 0.132. The molecule has 0 aliphatic rings. The van der Waals surface area contributed by atoms with E-state index in [0.717, 1.165) is 44.0 Å². The Morgan fingerprint density at radius 3 is 2.44 bits per heavy atom. The molecule has 41 heavy (non-hydrogen) atoms. The summed E-state index contributed by atoms with van der Waals surface area (Å²) in [6, 6.07) is 28.5. The van der Waals surface area contributed by atoms with E-state index in [4.69, 9.17) is 11.3 Å². The molecule has 0 N–H and O–H groups in total.